The molecule has 0 fully saturated rings. The van der Waals surface area contributed by atoms with Crippen LogP contribution in [0.5, 0.6) is 0 Å². The van der Waals surface area contributed by atoms with Gasteiger partial charge in [0, 0.05) is 118 Å². The molecule has 0 amide bonds. The Morgan fingerprint density at radius 2 is 0.512 bits per heavy atom. The van der Waals surface area contributed by atoms with Gasteiger partial charge in [0.25, 0.3) is 0 Å². The van der Waals surface area contributed by atoms with Gasteiger partial charge >= 0.3 is 42.3 Å². The molecule has 14 N–H and O–H groups in total. The van der Waals surface area contributed by atoms with Gasteiger partial charge in [-0.25, -0.2) is 0 Å². The average Bonchev–Trinajstić information content (AvgIpc) is 3.49. The van der Waals surface area contributed by atoms with Crippen molar-refractivity contribution in [1.29, 1.82) is 0 Å². The van der Waals surface area contributed by atoms with Crippen LogP contribution in [-0.2, 0) is 18.9 Å². The number of nitrogens with one attached hydrogen (secondary N) is 6. The number of hydrogen-bond donors (Lipinski definition) is 14. The number of aliphatic hydroxyl groups excluding tert-OH is 2. The van der Waals surface area contributed by atoms with Gasteiger partial charge in [0.2, 0.25) is 0 Å². The summed E-state index contributed by atoms with van der Waals surface area (Å²) in [5.74, 6) is 0. The van der Waals surface area contributed by atoms with Crippen LogP contribution in [0.15, 0.2) is 0 Å². The molecule has 0 aromatic rings. The fraction of sp³-hybridized carbons (Fsp3) is 1.00. The summed E-state index contributed by atoms with van der Waals surface area (Å²) in [6.45, 7) is 38.8. The van der Waals surface area contributed by atoms with Crippen LogP contribution in [-0.4, -0.2) is 335 Å². The van der Waals surface area contributed by atoms with Crippen molar-refractivity contribution in [3.63, 3.8) is 0 Å². The molecule has 0 saturated carbocycles. The molecule has 0 aromatic carbocycles. The van der Waals surface area contributed by atoms with E-state index >= 15 is 0 Å². The minimum absolute atomic E-state index is 0.0143. The molecular formula is C56H134B6N12O12. The Balaban J connectivity index is 0. The molecule has 0 bridgehead atoms. The molecule has 0 unspecified atom stereocenters. The second-order valence-electron chi connectivity index (χ2n) is 22.5. The molecule has 0 heterocycles. The second-order valence-corrected chi connectivity index (χ2v) is 22.5. The first-order valence-corrected chi connectivity index (χ1v) is 34.0. The van der Waals surface area contributed by atoms with Crippen molar-refractivity contribution in [1.82, 2.24) is 60.8 Å². The van der Waals surface area contributed by atoms with Crippen LogP contribution in [0.3, 0.4) is 0 Å². The molecule has 0 spiro atoms. The zero-order valence-corrected chi connectivity index (χ0v) is 56.3. The molecule has 0 atom stereocenters. The lowest BCUT2D eigenvalue weighted by Gasteiger charge is -2.31. The van der Waals surface area contributed by atoms with E-state index in [-0.39, 0.29) is 13.2 Å². The minimum atomic E-state index is -0.656. The summed E-state index contributed by atoms with van der Waals surface area (Å²) in [5, 5.41) is 99.5. The molecule has 0 aliphatic rings. The minimum Gasteiger partial charge on any atom is -0.437 e. The first kappa shape index (κ1) is 87.5. The predicted octanol–water partition coefficient (Wildman–Crippen LogP) is -0.464. The molecule has 508 valence electrons. The Morgan fingerprint density at radius 1 is 0.256 bits per heavy atom. The smallest absolute Gasteiger partial charge is 0.376 e. The van der Waals surface area contributed by atoms with E-state index in [9.17, 15) is 30.1 Å². The molecular weight excluding hydrogens is 1100 g/mol. The van der Waals surface area contributed by atoms with E-state index in [4.69, 9.17) is 29.2 Å². The summed E-state index contributed by atoms with van der Waals surface area (Å²) in [4.78, 5) is 11.9. The number of unbranched alkanes of at least 4 members (excludes halogenated alkanes) is 12. The van der Waals surface area contributed by atoms with Crippen LogP contribution < -0.4 is 31.9 Å². The van der Waals surface area contributed by atoms with Crippen LogP contribution in [0.2, 0.25) is 40.9 Å². The van der Waals surface area contributed by atoms with Crippen LogP contribution in [0.1, 0.15) is 104 Å². The maximum Gasteiger partial charge on any atom is 0.376 e. The second kappa shape index (κ2) is 67.3. The maximum absolute atomic E-state index is 10.4. The third kappa shape index (κ3) is 59.7. The molecule has 0 aliphatic carbocycles. The summed E-state index contributed by atoms with van der Waals surface area (Å²) in [5.41, 5.74) is 0. The fourth-order valence-electron chi connectivity index (χ4n) is 9.57. The first-order chi connectivity index (χ1) is 41.7. The molecule has 0 aromatic heterocycles. The van der Waals surface area contributed by atoms with Crippen molar-refractivity contribution in [2.45, 2.75) is 145 Å². The third-order valence-corrected chi connectivity index (χ3v) is 15.2. The van der Waals surface area contributed by atoms with Crippen molar-refractivity contribution in [3.8, 4) is 0 Å². The summed E-state index contributed by atoms with van der Waals surface area (Å²) in [6.07, 6.45) is 17.0. The van der Waals surface area contributed by atoms with Crippen molar-refractivity contribution >= 4 is 42.3 Å². The number of ether oxygens (including phenoxy) is 4. The number of rotatable bonds is 68. The Morgan fingerprint density at radius 3 is 0.837 bits per heavy atom. The van der Waals surface area contributed by atoms with E-state index in [0.717, 1.165) is 143 Å². The highest BCUT2D eigenvalue weighted by molar-refractivity contribution is 6.47. The highest BCUT2D eigenvalue weighted by Gasteiger charge is 2.25. The van der Waals surface area contributed by atoms with Crippen LogP contribution in [0, 0.1) is 0 Å². The molecule has 0 aliphatic heterocycles. The topological polar surface area (TPSA) is 290 Å². The van der Waals surface area contributed by atoms with Crippen molar-refractivity contribution in [2.75, 3.05) is 223 Å². The van der Waals surface area contributed by atoms with Gasteiger partial charge in [-0.05, 0) is 106 Å². The number of nitrogens with zero attached hydrogens (tertiary/aromatic N) is 6. The van der Waals surface area contributed by atoms with Crippen molar-refractivity contribution < 1.29 is 59.3 Å². The summed E-state index contributed by atoms with van der Waals surface area (Å²) in [7, 11) is -3.56. The fourth-order valence-corrected chi connectivity index (χ4v) is 9.57. The monoisotopic (exact) mass is 1230 g/mol. The van der Waals surface area contributed by atoms with Gasteiger partial charge in [0.1, 0.15) is 0 Å². The van der Waals surface area contributed by atoms with Gasteiger partial charge in [-0.15, -0.1) is 0 Å². The lowest BCUT2D eigenvalue weighted by Crippen LogP contribution is -2.50. The largest absolute Gasteiger partial charge is 0.437 e. The first-order valence-electron chi connectivity index (χ1n) is 34.0. The molecule has 0 radical (unpaired) electrons. The summed E-state index contributed by atoms with van der Waals surface area (Å²) >= 11 is 0. The van der Waals surface area contributed by atoms with E-state index in [1.807, 2.05) is 31.0 Å². The zero-order valence-electron chi connectivity index (χ0n) is 56.3. The zero-order chi connectivity index (χ0) is 63.9. The van der Waals surface area contributed by atoms with Gasteiger partial charge < -0.3 is 120 Å². The van der Waals surface area contributed by atoms with Gasteiger partial charge in [-0.1, -0.05) is 78.1 Å². The third-order valence-electron chi connectivity index (χ3n) is 15.2. The van der Waals surface area contributed by atoms with Gasteiger partial charge in [-0.2, -0.15) is 0 Å². The standard InChI is InChI=1S/C31H76B6N6O9.C25H58N6O3/c1-8-38(32(2)45)18-19-41(35(5)48)22-20-39(33(3)46)16-14-12-10-9-11-13-15-17-40(34(4)47)21-23-42(36(6)49)24-25-43(37(7)50)26-28-51-30-31-52-29-27-44;1-2-26-12-13-29-16-14-27-10-8-6-4-3-5-7-9-11-28-15-17-30-18-19-31-20-22-33-24-25-34-23-21-32/h44-50H,8-31H2,1-7H3;26-32H,2-25H2,1H3. The van der Waals surface area contributed by atoms with Gasteiger partial charge in [-0.3, -0.25) is 0 Å². The number of likely N-dealkylation sites (N-methyl/N-ethyl adjacent to an activating group) is 2. The number of aliphatic hydroxyl groups is 2. The molecule has 0 saturated heterocycles. The van der Waals surface area contributed by atoms with E-state index in [2.05, 4.69) is 43.6 Å². The van der Waals surface area contributed by atoms with E-state index < -0.39 is 42.3 Å². The number of hydrogen-bond acceptors (Lipinski definition) is 24. The SMILES string of the molecule is CCN(CCN(CCN(CCCCCCCCCN(CCN(CCN(CCOCCOCCO)B(C)O)B(C)O)B(C)O)B(C)O)B(C)O)B(C)O.CCNCCNCCNCCCCCCCCCNCCNCCNCCOCCOCCO. The average molecular weight is 1230 g/mol. The lowest BCUT2D eigenvalue weighted by molar-refractivity contribution is 0.0299. The highest BCUT2D eigenvalue weighted by Crippen LogP contribution is 2.11. The normalized spacial score (nSPS) is 11.8. The van der Waals surface area contributed by atoms with Crippen LogP contribution >= 0.6 is 0 Å². The van der Waals surface area contributed by atoms with Crippen LogP contribution in [0.4, 0.5) is 0 Å². The summed E-state index contributed by atoms with van der Waals surface area (Å²) in [6, 6.07) is 0. The lowest BCUT2D eigenvalue weighted by atomic mass is 9.82. The van der Waals surface area contributed by atoms with E-state index in [0.29, 0.717) is 112 Å². The quantitative estimate of drug-likeness (QED) is 0.0271. The Bertz CT molecular complexity index is 1310. The van der Waals surface area contributed by atoms with Gasteiger partial charge in [0.15, 0.2) is 0 Å². The molecule has 24 nitrogen and oxygen atoms in total. The van der Waals surface area contributed by atoms with E-state index in [1.54, 1.807) is 40.9 Å². The maximum atomic E-state index is 10.4. The Hall–Kier alpha value is -0.570. The summed E-state index contributed by atoms with van der Waals surface area (Å²) < 4.78 is 21.3. The highest BCUT2D eigenvalue weighted by atomic mass is 16.5. The Labute approximate surface area is 528 Å². The molecule has 30 heteroatoms. The van der Waals surface area contributed by atoms with E-state index in [1.165, 1.54) is 44.9 Å². The van der Waals surface area contributed by atoms with Crippen molar-refractivity contribution in [3.05, 3.63) is 0 Å². The van der Waals surface area contributed by atoms with Crippen LogP contribution in [0.25, 0.3) is 0 Å². The van der Waals surface area contributed by atoms with Gasteiger partial charge in [0.05, 0.1) is 66.1 Å². The molecule has 86 heavy (non-hydrogen) atoms. The molecule has 0 rings (SSSR count). The van der Waals surface area contributed by atoms with Crippen molar-refractivity contribution in [2.24, 2.45) is 0 Å². The predicted molar refractivity (Wildman–Crippen MR) is 363 cm³/mol. The Kier molecular flexibility index (Phi) is 68.5.